The fraction of sp³-hybridized carbons (Fsp3) is 0.368. The predicted molar refractivity (Wildman–Crippen MR) is 102 cm³/mol. The molecule has 2 heterocycles. The molecule has 1 aliphatic rings. The van der Waals surface area contributed by atoms with Crippen molar-refractivity contribution in [3.05, 3.63) is 58.5 Å². The minimum absolute atomic E-state index is 0.0900. The van der Waals surface area contributed by atoms with E-state index in [9.17, 15) is 9.18 Å². The first-order valence-corrected chi connectivity index (χ1v) is 9.12. The van der Waals surface area contributed by atoms with Crippen LogP contribution in [0.2, 0.25) is 5.02 Å². The van der Waals surface area contributed by atoms with Crippen molar-refractivity contribution in [2.75, 3.05) is 38.3 Å². The third kappa shape index (κ3) is 5.08. The Morgan fingerprint density at radius 3 is 2.89 bits per heavy atom. The highest BCUT2D eigenvalue weighted by Crippen LogP contribution is 2.20. The molecule has 1 aromatic heterocycles. The third-order valence-corrected chi connectivity index (χ3v) is 4.75. The zero-order valence-electron chi connectivity index (χ0n) is 15.1. The monoisotopic (exact) mass is 392 g/mol. The molecular formula is C19H22ClFN4O2. The zero-order valence-corrected chi connectivity index (χ0v) is 15.9. The Hall–Kier alpha value is -2.38. The van der Waals surface area contributed by atoms with E-state index in [-0.39, 0.29) is 12.6 Å². The molecular weight excluding hydrogens is 371 g/mol. The maximum absolute atomic E-state index is 13.9. The van der Waals surface area contributed by atoms with E-state index in [2.05, 4.69) is 15.2 Å². The van der Waals surface area contributed by atoms with E-state index in [1.807, 2.05) is 12.1 Å². The molecule has 2 aromatic rings. The fourth-order valence-electron chi connectivity index (χ4n) is 2.84. The van der Waals surface area contributed by atoms with Gasteiger partial charge in [0.15, 0.2) is 0 Å². The molecule has 0 spiro atoms. The number of urea groups is 1. The van der Waals surface area contributed by atoms with Gasteiger partial charge in [-0.3, -0.25) is 0 Å². The lowest BCUT2D eigenvalue weighted by molar-refractivity contribution is 0.122. The molecule has 0 atom stereocenters. The number of halogens is 2. The quantitative estimate of drug-likeness (QED) is 0.849. The van der Waals surface area contributed by atoms with E-state index < -0.39 is 5.82 Å². The second-order valence-electron chi connectivity index (χ2n) is 6.34. The van der Waals surface area contributed by atoms with Gasteiger partial charge in [0, 0.05) is 43.5 Å². The number of carbonyl (C=O) groups is 1. The van der Waals surface area contributed by atoms with E-state index in [0.29, 0.717) is 30.3 Å². The van der Waals surface area contributed by atoms with Crippen molar-refractivity contribution in [1.29, 1.82) is 0 Å². The number of rotatable bonds is 5. The Bertz CT molecular complexity index is 779. The average Bonchev–Trinajstić information content (AvgIpc) is 2.70. The summed E-state index contributed by atoms with van der Waals surface area (Å²) in [6, 6.07) is 7.99. The molecule has 0 aliphatic carbocycles. The molecule has 1 aliphatic heterocycles. The molecule has 27 heavy (non-hydrogen) atoms. The average molecular weight is 393 g/mol. The second-order valence-corrected chi connectivity index (χ2v) is 6.74. The Labute approximate surface area is 162 Å². The number of morpholine rings is 1. The van der Waals surface area contributed by atoms with Gasteiger partial charge in [-0.1, -0.05) is 17.7 Å². The molecule has 6 nitrogen and oxygen atoms in total. The first-order chi connectivity index (χ1) is 13.0. The number of benzene rings is 1. The molecule has 0 bridgehead atoms. The maximum Gasteiger partial charge on any atom is 0.317 e. The molecule has 8 heteroatoms. The van der Waals surface area contributed by atoms with E-state index in [0.717, 1.165) is 24.5 Å². The van der Waals surface area contributed by atoms with Crippen molar-refractivity contribution in [3.63, 3.8) is 0 Å². The van der Waals surface area contributed by atoms with Gasteiger partial charge in [-0.2, -0.15) is 0 Å². The lowest BCUT2D eigenvalue weighted by atomic mass is 10.2. The standard InChI is InChI=1S/C19H22ClFN4O2/c1-24(13-15-16(20)3-2-4-17(15)21)19(26)23-12-14-5-6-22-18(11-14)25-7-9-27-10-8-25/h2-6,11H,7-10,12-13H2,1H3,(H,23,26). The smallest absolute Gasteiger partial charge is 0.317 e. The number of aromatic nitrogens is 1. The van der Waals surface area contributed by atoms with Crippen molar-refractivity contribution in [2.24, 2.45) is 0 Å². The maximum atomic E-state index is 13.9. The molecule has 3 rings (SSSR count). The van der Waals surface area contributed by atoms with Gasteiger partial charge in [0.25, 0.3) is 0 Å². The highest BCUT2D eigenvalue weighted by Gasteiger charge is 2.15. The van der Waals surface area contributed by atoms with Crippen molar-refractivity contribution in [3.8, 4) is 0 Å². The normalized spacial score (nSPS) is 14.1. The Morgan fingerprint density at radius 2 is 2.15 bits per heavy atom. The summed E-state index contributed by atoms with van der Waals surface area (Å²) >= 11 is 6.02. The summed E-state index contributed by atoms with van der Waals surface area (Å²) in [6.07, 6.45) is 1.73. The van der Waals surface area contributed by atoms with Crippen LogP contribution in [0.4, 0.5) is 15.0 Å². The summed E-state index contributed by atoms with van der Waals surface area (Å²) in [5.74, 6) is 0.447. The van der Waals surface area contributed by atoms with Gasteiger partial charge in [-0.15, -0.1) is 0 Å². The molecule has 1 saturated heterocycles. The lowest BCUT2D eigenvalue weighted by Gasteiger charge is -2.28. The van der Waals surface area contributed by atoms with Crippen LogP contribution in [0.25, 0.3) is 0 Å². The van der Waals surface area contributed by atoms with Gasteiger partial charge in [-0.05, 0) is 29.8 Å². The number of hydrogen-bond acceptors (Lipinski definition) is 4. The Kier molecular flexibility index (Phi) is 6.47. The van der Waals surface area contributed by atoms with Crippen molar-refractivity contribution in [1.82, 2.24) is 15.2 Å². The number of carbonyl (C=O) groups excluding carboxylic acids is 1. The van der Waals surface area contributed by atoms with Crippen LogP contribution in [0, 0.1) is 5.82 Å². The summed E-state index contributed by atoms with van der Waals surface area (Å²) < 4.78 is 19.2. The number of anilines is 1. The number of nitrogens with one attached hydrogen (secondary N) is 1. The van der Waals surface area contributed by atoms with E-state index in [1.165, 1.54) is 17.0 Å². The first kappa shape index (κ1) is 19.4. The minimum Gasteiger partial charge on any atom is -0.378 e. The Balaban J connectivity index is 1.57. The molecule has 1 N–H and O–H groups in total. The van der Waals surface area contributed by atoms with Crippen molar-refractivity contribution >= 4 is 23.4 Å². The van der Waals surface area contributed by atoms with Crippen LogP contribution < -0.4 is 10.2 Å². The third-order valence-electron chi connectivity index (χ3n) is 4.39. The summed E-state index contributed by atoms with van der Waals surface area (Å²) in [7, 11) is 1.60. The number of pyridine rings is 1. The van der Waals surface area contributed by atoms with Crippen molar-refractivity contribution < 1.29 is 13.9 Å². The first-order valence-electron chi connectivity index (χ1n) is 8.74. The van der Waals surface area contributed by atoms with Crippen LogP contribution in [0.3, 0.4) is 0 Å². The van der Waals surface area contributed by atoms with E-state index in [1.54, 1.807) is 19.3 Å². The zero-order chi connectivity index (χ0) is 19.2. The predicted octanol–water partition coefficient (Wildman–Crippen LogP) is 3.05. The topological polar surface area (TPSA) is 57.7 Å². The molecule has 1 aromatic carbocycles. The van der Waals surface area contributed by atoms with Gasteiger partial charge in [0.2, 0.25) is 0 Å². The molecule has 0 unspecified atom stereocenters. The van der Waals surface area contributed by atoms with Gasteiger partial charge >= 0.3 is 6.03 Å². The summed E-state index contributed by atoms with van der Waals surface area (Å²) in [5, 5.41) is 3.14. The van der Waals surface area contributed by atoms with Gasteiger partial charge in [-0.25, -0.2) is 14.2 Å². The van der Waals surface area contributed by atoms with Crippen LogP contribution in [0.1, 0.15) is 11.1 Å². The number of ether oxygens (including phenoxy) is 1. The van der Waals surface area contributed by atoms with E-state index in [4.69, 9.17) is 16.3 Å². The van der Waals surface area contributed by atoms with Crippen LogP contribution in [0.5, 0.6) is 0 Å². The van der Waals surface area contributed by atoms with E-state index >= 15 is 0 Å². The number of nitrogens with zero attached hydrogens (tertiary/aromatic N) is 3. The van der Waals surface area contributed by atoms with Gasteiger partial charge in [0.1, 0.15) is 11.6 Å². The molecule has 1 fully saturated rings. The Morgan fingerprint density at radius 1 is 1.37 bits per heavy atom. The van der Waals surface area contributed by atoms with Crippen molar-refractivity contribution in [2.45, 2.75) is 13.1 Å². The molecule has 2 amide bonds. The summed E-state index contributed by atoms with van der Waals surface area (Å²) in [4.78, 5) is 20.3. The fourth-order valence-corrected chi connectivity index (χ4v) is 3.06. The van der Waals surface area contributed by atoms with Crippen LogP contribution in [-0.2, 0) is 17.8 Å². The lowest BCUT2D eigenvalue weighted by Crippen LogP contribution is -2.37. The molecule has 0 saturated carbocycles. The van der Waals surface area contributed by atoms with Gasteiger partial charge < -0.3 is 19.9 Å². The number of hydrogen-bond donors (Lipinski definition) is 1. The minimum atomic E-state index is -0.425. The SMILES string of the molecule is CN(Cc1c(F)cccc1Cl)C(=O)NCc1ccnc(N2CCOCC2)c1. The number of amides is 2. The van der Waals surface area contributed by atoms with Gasteiger partial charge in [0.05, 0.1) is 19.8 Å². The van der Waals surface area contributed by atoms with Crippen LogP contribution >= 0.6 is 11.6 Å². The second kappa shape index (κ2) is 9.01. The highest BCUT2D eigenvalue weighted by atomic mass is 35.5. The molecule has 144 valence electrons. The van der Waals surface area contributed by atoms with Crippen LogP contribution in [0.15, 0.2) is 36.5 Å². The highest BCUT2D eigenvalue weighted by molar-refractivity contribution is 6.31. The van der Waals surface area contributed by atoms with Crippen LogP contribution in [-0.4, -0.2) is 49.3 Å². The summed E-state index contributed by atoms with van der Waals surface area (Å²) in [5.41, 5.74) is 1.24. The molecule has 0 radical (unpaired) electrons. The summed E-state index contributed by atoms with van der Waals surface area (Å²) in [6.45, 7) is 3.42. The largest absolute Gasteiger partial charge is 0.378 e.